The maximum atomic E-state index is 6.18. The van der Waals surface area contributed by atoms with E-state index in [0.29, 0.717) is 10.0 Å². The Labute approximate surface area is 146 Å². The molecule has 0 spiro atoms. The summed E-state index contributed by atoms with van der Waals surface area (Å²) in [6, 6.07) is 5.44. The van der Waals surface area contributed by atoms with Crippen LogP contribution in [-0.2, 0) is 0 Å². The van der Waals surface area contributed by atoms with Crippen LogP contribution in [0, 0.1) is 0 Å². The van der Waals surface area contributed by atoms with Crippen molar-refractivity contribution in [2.45, 2.75) is 26.2 Å². The van der Waals surface area contributed by atoms with Gasteiger partial charge in [-0.3, -0.25) is 0 Å². The van der Waals surface area contributed by atoms with E-state index in [9.17, 15) is 0 Å². The average Bonchev–Trinajstić information content (AvgIpc) is 2.45. The van der Waals surface area contributed by atoms with Crippen molar-refractivity contribution in [2.24, 2.45) is 10.2 Å². The van der Waals surface area contributed by atoms with Crippen LogP contribution in [0.2, 0.25) is 10.0 Å². The van der Waals surface area contributed by atoms with Gasteiger partial charge in [-0.15, -0.1) is 17.5 Å². The molecule has 1 heterocycles. The van der Waals surface area contributed by atoms with E-state index in [4.69, 9.17) is 23.2 Å². The lowest BCUT2D eigenvalue weighted by Crippen LogP contribution is -2.25. The third-order valence-electron chi connectivity index (χ3n) is 2.91. The smallest absolute Gasteiger partial charge is 0.183 e. The SMILES string of the molecule is CCCCCNC1=NN=C(c2ccc(Cl)cc2Cl)CS1.Cl. The molecule has 1 aliphatic heterocycles. The van der Waals surface area contributed by atoms with Crippen LogP contribution in [-0.4, -0.2) is 23.2 Å². The van der Waals surface area contributed by atoms with Gasteiger partial charge in [0.1, 0.15) is 0 Å². The average molecular weight is 367 g/mol. The second-order valence-corrected chi connectivity index (χ2v) is 6.31. The minimum atomic E-state index is 0. The van der Waals surface area contributed by atoms with Crippen molar-refractivity contribution in [3.05, 3.63) is 33.8 Å². The van der Waals surface area contributed by atoms with Crippen molar-refractivity contribution in [2.75, 3.05) is 12.3 Å². The van der Waals surface area contributed by atoms with Crippen LogP contribution >= 0.6 is 47.4 Å². The van der Waals surface area contributed by atoms with E-state index >= 15 is 0 Å². The van der Waals surface area contributed by atoms with E-state index in [2.05, 4.69) is 22.4 Å². The molecule has 1 N–H and O–H groups in total. The van der Waals surface area contributed by atoms with Crippen LogP contribution in [0.15, 0.2) is 28.4 Å². The van der Waals surface area contributed by atoms with Crippen LogP contribution in [0.5, 0.6) is 0 Å². The third-order valence-corrected chi connectivity index (χ3v) is 4.37. The summed E-state index contributed by atoms with van der Waals surface area (Å²) in [4.78, 5) is 0. The van der Waals surface area contributed by atoms with Crippen LogP contribution < -0.4 is 5.32 Å². The fourth-order valence-electron chi connectivity index (χ4n) is 1.81. The Morgan fingerprint density at radius 2 is 2.05 bits per heavy atom. The highest BCUT2D eigenvalue weighted by Gasteiger charge is 2.14. The molecular formula is C14H18Cl3N3S. The fourth-order valence-corrected chi connectivity index (χ4v) is 3.12. The Kier molecular flexibility index (Phi) is 8.49. The first kappa shape index (κ1) is 18.6. The van der Waals surface area contributed by atoms with Gasteiger partial charge in [0, 0.05) is 22.9 Å². The predicted octanol–water partition coefficient (Wildman–Crippen LogP) is 5.00. The van der Waals surface area contributed by atoms with Gasteiger partial charge in [0.05, 0.1) is 10.7 Å². The van der Waals surface area contributed by atoms with E-state index in [1.807, 2.05) is 12.1 Å². The number of unbranched alkanes of at least 4 members (excludes halogenated alkanes) is 2. The molecule has 1 aliphatic rings. The first-order valence-corrected chi connectivity index (χ1v) is 8.41. The summed E-state index contributed by atoms with van der Waals surface area (Å²) in [6.07, 6.45) is 3.62. The van der Waals surface area contributed by atoms with E-state index in [-0.39, 0.29) is 12.4 Å². The molecule has 0 bridgehead atoms. The molecule has 0 aromatic heterocycles. The monoisotopic (exact) mass is 365 g/mol. The van der Waals surface area contributed by atoms with Gasteiger partial charge in [-0.25, -0.2) is 0 Å². The quantitative estimate of drug-likeness (QED) is 0.744. The van der Waals surface area contributed by atoms with E-state index in [1.165, 1.54) is 12.8 Å². The van der Waals surface area contributed by atoms with Gasteiger partial charge in [0.15, 0.2) is 5.17 Å². The molecule has 0 amide bonds. The highest BCUT2D eigenvalue weighted by atomic mass is 35.5. The van der Waals surface area contributed by atoms with Gasteiger partial charge in [0.25, 0.3) is 0 Å². The minimum Gasteiger partial charge on any atom is -0.363 e. The zero-order valence-corrected chi connectivity index (χ0v) is 14.9. The zero-order valence-electron chi connectivity index (χ0n) is 11.7. The molecule has 7 heteroatoms. The zero-order chi connectivity index (χ0) is 14.4. The highest BCUT2D eigenvalue weighted by Crippen LogP contribution is 2.24. The summed E-state index contributed by atoms with van der Waals surface area (Å²) in [5, 5.41) is 13.9. The van der Waals surface area contributed by atoms with E-state index < -0.39 is 0 Å². The number of thioether (sulfide) groups is 1. The molecule has 0 fully saturated rings. The van der Waals surface area contributed by atoms with Crippen LogP contribution in [0.25, 0.3) is 0 Å². The topological polar surface area (TPSA) is 36.8 Å². The lowest BCUT2D eigenvalue weighted by Gasteiger charge is -2.14. The Hall–Kier alpha value is -0.420. The fraction of sp³-hybridized carbons (Fsp3) is 0.429. The molecule has 0 aliphatic carbocycles. The van der Waals surface area contributed by atoms with E-state index in [0.717, 1.165) is 35.2 Å². The normalized spacial score (nSPS) is 14.0. The van der Waals surface area contributed by atoms with Crippen molar-refractivity contribution in [1.29, 1.82) is 0 Å². The second kappa shape index (κ2) is 9.57. The first-order chi connectivity index (χ1) is 9.70. The van der Waals surface area contributed by atoms with Crippen LogP contribution in [0.1, 0.15) is 31.7 Å². The summed E-state index contributed by atoms with van der Waals surface area (Å²) in [7, 11) is 0. The number of rotatable bonds is 5. The van der Waals surface area contributed by atoms with Crippen LogP contribution in [0.3, 0.4) is 0 Å². The largest absolute Gasteiger partial charge is 0.363 e. The Morgan fingerprint density at radius 3 is 2.67 bits per heavy atom. The van der Waals surface area contributed by atoms with Crippen molar-refractivity contribution in [1.82, 2.24) is 5.32 Å². The lowest BCUT2D eigenvalue weighted by molar-refractivity contribution is 0.697. The molecule has 1 aromatic rings. The molecular weight excluding hydrogens is 349 g/mol. The number of halogens is 3. The molecule has 0 atom stereocenters. The Balaban J connectivity index is 0.00000220. The van der Waals surface area contributed by atoms with Crippen molar-refractivity contribution < 1.29 is 0 Å². The number of amidine groups is 1. The lowest BCUT2D eigenvalue weighted by atomic mass is 10.1. The molecule has 21 heavy (non-hydrogen) atoms. The summed E-state index contributed by atoms with van der Waals surface area (Å²) in [5.74, 6) is 0.765. The highest BCUT2D eigenvalue weighted by molar-refractivity contribution is 8.14. The molecule has 0 unspecified atom stereocenters. The molecule has 2 rings (SSSR count). The van der Waals surface area contributed by atoms with Crippen molar-refractivity contribution in [3.8, 4) is 0 Å². The number of nitrogens with one attached hydrogen (secondary N) is 1. The number of nitrogens with zero attached hydrogens (tertiary/aromatic N) is 2. The van der Waals surface area contributed by atoms with Crippen molar-refractivity contribution >= 4 is 58.3 Å². The first-order valence-electron chi connectivity index (χ1n) is 6.67. The van der Waals surface area contributed by atoms with Gasteiger partial charge in [0.2, 0.25) is 0 Å². The Morgan fingerprint density at radius 1 is 1.24 bits per heavy atom. The predicted molar refractivity (Wildman–Crippen MR) is 97.7 cm³/mol. The maximum Gasteiger partial charge on any atom is 0.183 e. The van der Waals surface area contributed by atoms with Crippen LogP contribution in [0.4, 0.5) is 0 Å². The van der Waals surface area contributed by atoms with Gasteiger partial charge < -0.3 is 5.32 Å². The summed E-state index contributed by atoms with van der Waals surface area (Å²) < 4.78 is 0. The minimum absolute atomic E-state index is 0. The summed E-state index contributed by atoms with van der Waals surface area (Å²) in [5.41, 5.74) is 1.79. The molecule has 116 valence electrons. The van der Waals surface area contributed by atoms with Gasteiger partial charge in [-0.1, -0.05) is 60.8 Å². The van der Waals surface area contributed by atoms with Gasteiger partial charge >= 0.3 is 0 Å². The third kappa shape index (κ3) is 5.70. The number of hydrogen-bond donors (Lipinski definition) is 1. The van der Waals surface area contributed by atoms with Gasteiger partial charge in [-0.2, -0.15) is 5.10 Å². The molecule has 1 aromatic carbocycles. The standard InChI is InChI=1S/C14H17Cl2N3S.ClH/c1-2-3-4-7-17-14-19-18-13(9-20-14)11-6-5-10(15)8-12(11)16;/h5-6,8H,2-4,7,9H2,1H3,(H,17,19);1H. The van der Waals surface area contributed by atoms with Gasteiger partial charge in [-0.05, 0) is 18.6 Å². The second-order valence-electron chi connectivity index (χ2n) is 4.50. The summed E-state index contributed by atoms with van der Waals surface area (Å²) >= 11 is 13.7. The number of benzene rings is 1. The molecule has 0 saturated carbocycles. The van der Waals surface area contributed by atoms with E-state index in [1.54, 1.807) is 17.8 Å². The number of hydrogen-bond acceptors (Lipinski definition) is 4. The molecule has 0 radical (unpaired) electrons. The Bertz CT molecular complexity index is 532. The molecule has 0 saturated heterocycles. The summed E-state index contributed by atoms with van der Waals surface area (Å²) in [6.45, 7) is 3.14. The molecule has 3 nitrogen and oxygen atoms in total. The van der Waals surface area contributed by atoms with Crippen molar-refractivity contribution in [3.63, 3.8) is 0 Å². The maximum absolute atomic E-state index is 6.18.